The fourth-order valence-corrected chi connectivity index (χ4v) is 2.06. The lowest BCUT2D eigenvalue weighted by Gasteiger charge is -2.35. The van der Waals surface area contributed by atoms with Crippen LogP contribution in [0.2, 0.25) is 0 Å². The van der Waals surface area contributed by atoms with Gasteiger partial charge in [0.15, 0.2) is 0 Å². The van der Waals surface area contributed by atoms with E-state index in [4.69, 9.17) is 4.74 Å². The molecule has 1 saturated heterocycles. The summed E-state index contributed by atoms with van der Waals surface area (Å²) in [5.41, 5.74) is 0. The molecule has 14 heavy (non-hydrogen) atoms. The maximum atomic E-state index is 5.49. The van der Waals surface area contributed by atoms with Crippen LogP contribution in [0.3, 0.4) is 0 Å². The molecule has 3 heteroatoms. The van der Waals surface area contributed by atoms with E-state index in [2.05, 4.69) is 31.0 Å². The highest BCUT2D eigenvalue weighted by Crippen LogP contribution is 2.03. The number of ether oxygens (including phenoxy) is 1. The summed E-state index contributed by atoms with van der Waals surface area (Å²) in [4.78, 5) is 2.49. The Balaban J connectivity index is 2.10. The van der Waals surface area contributed by atoms with Crippen molar-refractivity contribution in [1.29, 1.82) is 0 Å². The average molecular weight is 200 g/mol. The van der Waals surface area contributed by atoms with Crippen LogP contribution >= 0.6 is 0 Å². The monoisotopic (exact) mass is 200 g/mol. The van der Waals surface area contributed by atoms with Gasteiger partial charge in [-0.3, -0.25) is 4.90 Å². The molecule has 0 bridgehead atoms. The van der Waals surface area contributed by atoms with Gasteiger partial charge in [-0.05, 0) is 20.3 Å². The molecule has 0 aliphatic carbocycles. The summed E-state index contributed by atoms with van der Waals surface area (Å²) in [6.45, 7) is 11.8. The van der Waals surface area contributed by atoms with Gasteiger partial charge in [0.05, 0.1) is 6.61 Å². The van der Waals surface area contributed by atoms with E-state index in [1.807, 2.05) is 0 Å². The second-order valence-electron chi connectivity index (χ2n) is 4.34. The molecule has 1 N–H and O–H groups in total. The number of nitrogens with zero attached hydrogens (tertiary/aromatic N) is 1. The smallest absolute Gasteiger partial charge is 0.0593 e. The summed E-state index contributed by atoms with van der Waals surface area (Å²) in [5, 5.41) is 3.53. The van der Waals surface area contributed by atoms with Gasteiger partial charge < -0.3 is 10.1 Å². The van der Waals surface area contributed by atoms with Crippen molar-refractivity contribution in [1.82, 2.24) is 10.2 Å². The zero-order valence-corrected chi connectivity index (χ0v) is 9.75. The van der Waals surface area contributed by atoms with Crippen molar-refractivity contribution < 1.29 is 4.74 Å². The van der Waals surface area contributed by atoms with Crippen LogP contribution in [-0.4, -0.2) is 49.8 Å². The van der Waals surface area contributed by atoms with Crippen LogP contribution in [0.25, 0.3) is 0 Å². The quantitative estimate of drug-likeness (QED) is 0.673. The lowest BCUT2D eigenvalue weighted by atomic mass is 10.1. The van der Waals surface area contributed by atoms with E-state index < -0.39 is 0 Å². The van der Waals surface area contributed by atoms with Gasteiger partial charge in [-0.2, -0.15) is 0 Å². The molecule has 1 fully saturated rings. The van der Waals surface area contributed by atoms with Crippen molar-refractivity contribution in [3.05, 3.63) is 0 Å². The molecule has 0 aromatic rings. The third kappa shape index (κ3) is 4.40. The predicted octanol–water partition coefficient (Wildman–Crippen LogP) is 1.10. The summed E-state index contributed by atoms with van der Waals surface area (Å²) >= 11 is 0. The van der Waals surface area contributed by atoms with E-state index in [0.29, 0.717) is 12.1 Å². The minimum atomic E-state index is 0.616. The molecule has 0 aromatic carbocycles. The first-order valence-electron chi connectivity index (χ1n) is 5.78. The Kier molecular flexibility index (Phi) is 5.45. The molecule has 1 heterocycles. The molecule has 3 nitrogen and oxygen atoms in total. The van der Waals surface area contributed by atoms with E-state index in [0.717, 1.165) is 39.3 Å². The molecule has 0 radical (unpaired) electrons. The number of nitrogens with one attached hydrogen (secondary N) is 1. The van der Waals surface area contributed by atoms with Crippen molar-refractivity contribution in [3.63, 3.8) is 0 Å². The van der Waals surface area contributed by atoms with E-state index >= 15 is 0 Å². The molecule has 1 aliphatic rings. The first-order valence-corrected chi connectivity index (χ1v) is 5.78. The van der Waals surface area contributed by atoms with Crippen LogP contribution in [0, 0.1) is 0 Å². The second-order valence-corrected chi connectivity index (χ2v) is 4.34. The first kappa shape index (κ1) is 12.0. The molecule has 1 aliphatic heterocycles. The maximum Gasteiger partial charge on any atom is 0.0593 e. The molecule has 2 atom stereocenters. The summed E-state index contributed by atoms with van der Waals surface area (Å²) in [7, 11) is 0. The fraction of sp³-hybridized carbons (Fsp3) is 1.00. The third-order valence-corrected chi connectivity index (χ3v) is 2.53. The van der Waals surface area contributed by atoms with E-state index in [1.54, 1.807) is 0 Å². The van der Waals surface area contributed by atoms with Gasteiger partial charge in [-0.1, -0.05) is 6.92 Å². The molecule has 0 spiro atoms. The van der Waals surface area contributed by atoms with Crippen LogP contribution < -0.4 is 5.32 Å². The maximum absolute atomic E-state index is 5.49. The lowest BCUT2D eigenvalue weighted by molar-refractivity contribution is 0.0854. The van der Waals surface area contributed by atoms with Crippen LogP contribution in [0.4, 0.5) is 0 Å². The highest BCUT2D eigenvalue weighted by atomic mass is 16.5. The number of piperazine rings is 1. The highest BCUT2D eigenvalue weighted by molar-refractivity contribution is 4.80. The summed E-state index contributed by atoms with van der Waals surface area (Å²) < 4.78 is 5.49. The van der Waals surface area contributed by atoms with E-state index in [-0.39, 0.29) is 0 Å². The molecule has 0 aromatic heterocycles. The number of hydrogen-bond acceptors (Lipinski definition) is 3. The van der Waals surface area contributed by atoms with Gasteiger partial charge in [0.2, 0.25) is 0 Å². The first-order chi connectivity index (χ1) is 6.72. The van der Waals surface area contributed by atoms with Crippen molar-refractivity contribution in [2.45, 2.75) is 39.3 Å². The highest BCUT2D eigenvalue weighted by Gasteiger charge is 2.19. The minimum Gasteiger partial charge on any atom is -0.380 e. The summed E-state index contributed by atoms with van der Waals surface area (Å²) in [5.74, 6) is 0. The van der Waals surface area contributed by atoms with Gasteiger partial charge in [0.1, 0.15) is 0 Å². The van der Waals surface area contributed by atoms with Crippen LogP contribution in [0.1, 0.15) is 27.2 Å². The molecule has 1 rings (SSSR count). The Labute approximate surface area is 87.8 Å². The number of rotatable bonds is 5. The van der Waals surface area contributed by atoms with Crippen molar-refractivity contribution in [3.8, 4) is 0 Å². The molecule has 2 unspecified atom stereocenters. The average Bonchev–Trinajstić information content (AvgIpc) is 2.11. The van der Waals surface area contributed by atoms with Crippen LogP contribution in [0.5, 0.6) is 0 Å². The van der Waals surface area contributed by atoms with Crippen LogP contribution in [-0.2, 0) is 4.74 Å². The predicted molar refractivity (Wildman–Crippen MR) is 59.6 cm³/mol. The van der Waals surface area contributed by atoms with Crippen molar-refractivity contribution in [2.75, 3.05) is 32.8 Å². The number of hydrogen-bond donors (Lipinski definition) is 1. The Morgan fingerprint density at radius 3 is 2.43 bits per heavy atom. The Morgan fingerprint density at radius 1 is 1.21 bits per heavy atom. The summed E-state index contributed by atoms with van der Waals surface area (Å²) in [6.07, 6.45) is 1.12. The minimum absolute atomic E-state index is 0.616. The normalized spacial score (nSPS) is 29.4. The zero-order chi connectivity index (χ0) is 10.4. The molecule has 0 saturated carbocycles. The van der Waals surface area contributed by atoms with Crippen molar-refractivity contribution in [2.24, 2.45) is 0 Å². The van der Waals surface area contributed by atoms with Gasteiger partial charge in [-0.15, -0.1) is 0 Å². The Bertz CT molecular complexity index is 142. The second kappa shape index (κ2) is 6.38. The largest absolute Gasteiger partial charge is 0.380 e. The van der Waals surface area contributed by atoms with Crippen LogP contribution in [0.15, 0.2) is 0 Å². The van der Waals surface area contributed by atoms with Gasteiger partial charge in [0, 0.05) is 38.3 Å². The Morgan fingerprint density at radius 2 is 1.86 bits per heavy atom. The lowest BCUT2D eigenvalue weighted by Crippen LogP contribution is -2.54. The van der Waals surface area contributed by atoms with Crippen molar-refractivity contribution >= 4 is 0 Å². The summed E-state index contributed by atoms with van der Waals surface area (Å²) in [6, 6.07) is 1.23. The molecular formula is C11H24N2O. The molecule has 84 valence electrons. The Hall–Kier alpha value is -0.120. The van der Waals surface area contributed by atoms with Gasteiger partial charge in [0.25, 0.3) is 0 Å². The standard InChI is InChI=1S/C11H24N2O/c1-4-6-14-7-5-13-8-10(2)12-11(3)9-13/h10-12H,4-9H2,1-3H3. The zero-order valence-electron chi connectivity index (χ0n) is 9.75. The fourth-order valence-electron chi connectivity index (χ4n) is 2.06. The van der Waals surface area contributed by atoms with Gasteiger partial charge in [-0.25, -0.2) is 0 Å². The van der Waals surface area contributed by atoms with E-state index in [9.17, 15) is 0 Å². The topological polar surface area (TPSA) is 24.5 Å². The van der Waals surface area contributed by atoms with E-state index in [1.165, 1.54) is 0 Å². The third-order valence-electron chi connectivity index (χ3n) is 2.53. The molecular weight excluding hydrogens is 176 g/mol. The molecule has 0 amide bonds. The van der Waals surface area contributed by atoms with Gasteiger partial charge >= 0.3 is 0 Å². The SMILES string of the molecule is CCCOCCN1CC(C)NC(C)C1.